The number of aliphatic hydroxyl groups excluding tert-OH is 1. The lowest BCUT2D eigenvalue weighted by atomic mass is 10.2. The van der Waals surface area contributed by atoms with Crippen LogP contribution in [-0.4, -0.2) is 24.4 Å². The van der Waals surface area contributed by atoms with Gasteiger partial charge in [-0.25, -0.2) is 0 Å². The average molecular weight is 315 g/mol. The summed E-state index contributed by atoms with van der Waals surface area (Å²) < 4.78 is 11.6. The van der Waals surface area contributed by atoms with Crippen LogP contribution in [0.15, 0.2) is 48.5 Å². The van der Waals surface area contributed by atoms with E-state index in [-0.39, 0.29) is 6.10 Å². The quantitative estimate of drug-likeness (QED) is 0.746. The Labute approximate surface area is 138 Å². The molecule has 4 heteroatoms. The number of aliphatic hydroxyl groups is 1. The van der Waals surface area contributed by atoms with Crippen LogP contribution in [0.1, 0.15) is 25.0 Å². The lowest BCUT2D eigenvalue weighted by Gasteiger charge is -2.14. The standard InChI is InChI=1S/C19H25NO3/c1-3-22-19-11-17(13-20-12-15(2)21)9-10-18(19)23-14-16-7-5-4-6-8-16/h4-11,15,20-21H,3,12-14H2,1-2H3. The minimum Gasteiger partial charge on any atom is -0.490 e. The minimum absolute atomic E-state index is 0.352. The topological polar surface area (TPSA) is 50.7 Å². The molecule has 0 amide bonds. The Morgan fingerprint density at radius 3 is 2.48 bits per heavy atom. The maximum Gasteiger partial charge on any atom is 0.161 e. The fraction of sp³-hybridized carbons (Fsp3) is 0.368. The first-order valence-corrected chi connectivity index (χ1v) is 8.00. The highest BCUT2D eigenvalue weighted by molar-refractivity contribution is 5.43. The summed E-state index contributed by atoms with van der Waals surface area (Å²) in [6, 6.07) is 16.0. The molecule has 1 unspecified atom stereocenters. The van der Waals surface area contributed by atoms with Gasteiger partial charge in [-0.15, -0.1) is 0 Å². The predicted molar refractivity (Wildman–Crippen MR) is 91.8 cm³/mol. The monoisotopic (exact) mass is 315 g/mol. The van der Waals surface area contributed by atoms with Gasteiger partial charge in [-0.3, -0.25) is 0 Å². The summed E-state index contributed by atoms with van der Waals surface area (Å²) in [5.41, 5.74) is 2.22. The molecule has 2 aromatic rings. The number of benzene rings is 2. The molecule has 0 saturated heterocycles. The van der Waals surface area contributed by atoms with E-state index in [1.165, 1.54) is 0 Å². The van der Waals surface area contributed by atoms with Crippen molar-refractivity contribution in [2.45, 2.75) is 33.1 Å². The Bertz CT molecular complexity index is 584. The lowest BCUT2D eigenvalue weighted by molar-refractivity contribution is 0.191. The zero-order chi connectivity index (χ0) is 16.5. The molecule has 0 aliphatic heterocycles. The molecule has 0 bridgehead atoms. The number of hydrogen-bond acceptors (Lipinski definition) is 4. The number of rotatable bonds is 9. The second kappa shape index (κ2) is 9.18. The van der Waals surface area contributed by atoms with Crippen LogP contribution in [-0.2, 0) is 13.2 Å². The first kappa shape index (κ1) is 17.3. The largest absolute Gasteiger partial charge is 0.490 e. The van der Waals surface area contributed by atoms with Crippen molar-refractivity contribution in [3.8, 4) is 11.5 Å². The second-order valence-electron chi connectivity index (χ2n) is 5.47. The van der Waals surface area contributed by atoms with Crippen molar-refractivity contribution in [1.82, 2.24) is 5.32 Å². The Hall–Kier alpha value is -2.04. The van der Waals surface area contributed by atoms with Crippen LogP contribution in [0.2, 0.25) is 0 Å². The van der Waals surface area contributed by atoms with Crippen molar-refractivity contribution < 1.29 is 14.6 Å². The van der Waals surface area contributed by atoms with Crippen LogP contribution in [0, 0.1) is 0 Å². The first-order valence-electron chi connectivity index (χ1n) is 8.00. The SMILES string of the molecule is CCOc1cc(CNCC(C)O)ccc1OCc1ccccc1. The predicted octanol–water partition coefficient (Wildman–Crippen LogP) is 3.13. The van der Waals surface area contributed by atoms with E-state index in [4.69, 9.17) is 9.47 Å². The molecule has 0 aromatic heterocycles. The molecule has 124 valence electrons. The maximum atomic E-state index is 9.28. The first-order chi connectivity index (χ1) is 11.2. The Morgan fingerprint density at radius 1 is 1.00 bits per heavy atom. The van der Waals surface area contributed by atoms with Gasteiger partial charge in [0.25, 0.3) is 0 Å². The molecule has 4 nitrogen and oxygen atoms in total. The minimum atomic E-state index is -0.352. The highest BCUT2D eigenvalue weighted by Crippen LogP contribution is 2.29. The van der Waals surface area contributed by atoms with Gasteiger partial charge in [0, 0.05) is 13.1 Å². The fourth-order valence-electron chi connectivity index (χ4n) is 2.21. The van der Waals surface area contributed by atoms with Crippen molar-refractivity contribution in [2.75, 3.05) is 13.2 Å². The third-order valence-corrected chi connectivity index (χ3v) is 3.31. The molecule has 2 N–H and O–H groups in total. The van der Waals surface area contributed by atoms with Gasteiger partial charge in [0.1, 0.15) is 6.61 Å². The molecule has 23 heavy (non-hydrogen) atoms. The smallest absolute Gasteiger partial charge is 0.161 e. The van der Waals surface area contributed by atoms with Gasteiger partial charge in [0.15, 0.2) is 11.5 Å². The Balaban J connectivity index is 2.00. The Kier molecular flexibility index (Phi) is 6.91. The van der Waals surface area contributed by atoms with Gasteiger partial charge in [0.05, 0.1) is 12.7 Å². The molecule has 2 rings (SSSR count). The van der Waals surface area contributed by atoms with Crippen LogP contribution in [0.4, 0.5) is 0 Å². The van der Waals surface area contributed by atoms with Gasteiger partial charge in [-0.05, 0) is 37.1 Å². The molecular weight excluding hydrogens is 290 g/mol. The summed E-state index contributed by atoms with van der Waals surface area (Å²) in [5, 5.41) is 12.5. The van der Waals surface area contributed by atoms with Gasteiger partial charge < -0.3 is 19.9 Å². The summed E-state index contributed by atoms with van der Waals surface area (Å²) in [6.45, 7) is 6.07. The molecule has 1 atom stereocenters. The zero-order valence-electron chi connectivity index (χ0n) is 13.8. The van der Waals surface area contributed by atoms with E-state index in [1.807, 2.05) is 55.5 Å². The fourth-order valence-corrected chi connectivity index (χ4v) is 2.21. The molecule has 0 heterocycles. The summed E-state index contributed by atoms with van der Waals surface area (Å²) in [5.74, 6) is 1.50. The molecule has 0 aliphatic rings. The highest BCUT2D eigenvalue weighted by Gasteiger charge is 2.07. The van der Waals surface area contributed by atoms with Crippen LogP contribution in [0.25, 0.3) is 0 Å². The normalized spacial score (nSPS) is 12.0. The second-order valence-corrected chi connectivity index (χ2v) is 5.47. The zero-order valence-corrected chi connectivity index (χ0v) is 13.8. The van der Waals surface area contributed by atoms with Gasteiger partial charge >= 0.3 is 0 Å². The molecule has 0 radical (unpaired) electrons. The number of hydrogen-bond donors (Lipinski definition) is 2. The summed E-state index contributed by atoms with van der Waals surface area (Å²) in [7, 11) is 0. The van der Waals surface area contributed by atoms with E-state index in [0.717, 1.165) is 22.6 Å². The third kappa shape index (κ3) is 5.93. The summed E-state index contributed by atoms with van der Waals surface area (Å²) in [4.78, 5) is 0. The van der Waals surface area contributed by atoms with Gasteiger partial charge in [-0.1, -0.05) is 36.4 Å². The van der Waals surface area contributed by atoms with E-state index >= 15 is 0 Å². The molecule has 0 fully saturated rings. The number of ether oxygens (including phenoxy) is 2. The lowest BCUT2D eigenvalue weighted by Crippen LogP contribution is -2.23. The van der Waals surface area contributed by atoms with Crippen LogP contribution < -0.4 is 14.8 Å². The molecule has 2 aromatic carbocycles. The van der Waals surface area contributed by atoms with Crippen molar-refractivity contribution in [3.63, 3.8) is 0 Å². The molecular formula is C19H25NO3. The van der Waals surface area contributed by atoms with E-state index in [0.29, 0.717) is 26.3 Å². The van der Waals surface area contributed by atoms with Crippen molar-refractivity contribution >= 4 is 0 Å². The van der Waals surface area contributed by atoms with Crippen molar-refractivity contribution in [2.24, 2.45) is 0 Å². The third-order valence-electron chi connectivity index (χ3n) is 3.31. The molecule has 0 spiro atoms. The van der Waals surface area contributed by atoms with Crippen molar-refractivity contribution in [1.29, 1.82) is 0 Å². The Morgan fingerprint density at radius 2 is 1.78 bits per heavy atom. The van der Waals surface area contributed by atoms with Gasteiger partial charge in [-0.2, -0.15) is 0 Å². The molecule has 0 saturated carbocycles. The van der Waals surface area contributed by atoms with Gasteiger partial charge in [0.2, 0.25) is 0 Å². The van der Waals surface area contributed by atoms with Crippen LogP contribution in [0.5, 0.6) is 11.5 Å². The van der Waals surface area contributed by atoms with E-state index in [9.17, 15) is 5.11 Å². The molecule has 0 aliphatic carbocycles. The van der Waals surface area contributed by atoms with E-state index < -0.39 is 0 Å². The van der Waals surface area contributed by atoms with Crippen LogP contribution in [0.3, 0.4) is 0 Å². The summed E-state index contributed by atoms with van der Waals surface area (Å²) >= 11 is 0. The van der Waals surface area contributed by atoms with Crippen LogP contribution >= 0.6 is 0 Å². The van der Waals surface area contributed by atoms with Crippen molar-refractivity contribution in [3.05, 3.63) is 59.7 Å². The average Bonchev–Trinajstić information content (AvgIpc) is 2.55. The maximum absolute atomic E-state index is 9.28. The van der Waals surface area contributed by atoms with E-state index in [1.54, 1.807) is 6.92 Å². The summed E-state index contributed by atoms with van der Waals surface area (Å²) in [6.07, 6.45) is -0.352. The highest BCUT2D eigenvalue weighted by atomic mass is 16.5. The van der Waals surface area contributed by atoms with E-state index in [2.05, 4.69) is 5.32 Å². The number of nitrogens with one attached hydrogen (secondary N) is 1.